The molecule has 2 saturated carbocycles. The van der Waals surface area contributed by atoms with Crippen molar-refractivity contribution in [3.63, 3.8) is 0 Å². The number of hydrogen-bond acceptors (Lipinski definition) is 2. The lowest BCUT2D eigenvalue weighted by molar-refractivity contribution is -0.135. The number of benzene rings is 2. The number of alkyl halides is 2. The zero-order chi connectivity index (χ0) is 19.1. The molecule has 0 radical (unpaired) electrons. The Labute approximate surface area is 175 Å². The van der Waals surface area contributed by atoms with E-state index in [9.17, 15) is 9.59 Å². The van der Waals surface area contributed by atoms with E-state index in [1.54, 1.807) is 0 Å². The van der Waals surface area contributed by atoms with Gasteiger partial charge >= 0.3 is 0 Å². The zero-order valence-electron chi connectivity index (χ0n) is 14.7. The second-order valence-corrected chi connectivity index (χ2v) is 10.8. The van der Waals surface area contributed by atoms with E-state index >= 15 is 0 Å². The Balaban J connectivity index is 1.33. The molecule has 4 rings (SSSR count). The summed E-state index contributed by atoms with van der Waals surface area (Å²) in [7, 11) is 0. The summed E-state index contributed by atoms with van der Waals surface area (Å²) < 4.78 is -1.10. The van der Waals surface area contributed by atoms with Gasteiger partial charge in [0.05, 0.1) is 0 Å². The molecule has 0 bridgehead atoms. The first-order valence-electron chi connectivity index (χ1n) is 8.94. The normalized spacial score (nSPS) is 31.5. The van der Waals surface area contributed by atoms with Gasteiger partial charge in [-0.25, -0.2) is 0 Å². The van der Waals surface area contributed by atoms with Crippen LogP contribution in [0, 0.1) is 5.41 Å². The number of para-hydroxylation sites is 2. The molecule has 6 heteroatoms. The summed E-state index contributed by atoms with van der Waals surface area (Å²) in [5.74, 6) is -0.0275. The molecule has 2 N–H and O–H groups in total. The average Bonchev–Trinajstić information content (AvgIpc) is 2.60. The van der Waals surface area contributed by atoms with Crippen molar-refractivity contribution >= 4 is 55.0 Å². The predicted octanol–water partition coefficient (Wildman–Crippen LogP) is 5.11. The molecule has 2 aromatic rings. The van der Waals surface area contributed by atoms with Gasteiger partial charge in [-0.3, -0.25) is 9.59 Å². The smallest absolute Gasteiger partial charge is 0.241 e. The highest BCUT2D eigenvalue weighted by Gasteiger charge is 2.68. The monoisotopic (exact) mass is 490 g/mol. The van der Waals surface area contributed by atoms with E-state index in [0.29, 0.717) is 0 Å². The van der Waals surface area contributed by atoms with Crippen molar-refractivity contribution in [1.29, 1.82) is 0 Å². The summed E-state index contributed by atoms with van der Waals surface area (Å²) in [6.07, 6.45) is 2.96. The summed E-state index contributed by atoms with van der Waals surface area (Å²) in [6.45, 7) is 0. The molecule has 0 aromatic heterocycles. The zero-order valence-corrected chi connectivity index (χ0v) is 17.8. The number of carbonyl (C=O) groups is 2. The fourth-order valence-corrected chi connectivity index (χ4v) is 6.95. The van der Waals surface area contributed by atoms with Gasteiger partial charge in [0, 0.05) is 11.4 Å². The van der Waals surface area contributed by atoms with Crippen molar-refractivity contribution in [2.24, 2.45) is 5.41 Å². The van der Waals surface area contributed by atoms with Crippen LogP contribution in [0.15, 0.2) is 60.7 Å². The van der Waals surface area contributed by atoms with Crippen LogP contribution in [-0.2, 0) is 9.59 Å². The summed E-state index contributed by atoms with van der Waals surface area (Å²) in [4.78, 5) is 25.3. The third-order valence-corrected chi connectivity index (χ3v) is 7.34. The van der Waals surface area contributed by atoms with Crippen LogP contribution < -0.4 is 10.6 Å². The fourth-order valence-electron chi connectivity index (χ4n) is 4.37. The summed E-state index contributed by atoms with van der Waals surface area (Å²) in [6, 6.07) is 18.9. The molecule has 27 heavy (non-hydrogen) atoms. The topological polar surface area (TPSA) is 58.2 Å². The maximum atomic E-state index is 12.6. The second kappa shape index (κ2) is 6.74. The van der Waals surface area contributed by atoms with Crippen LogP contribution in [0.5, 0.6) is 0 Å². The van der Waals surface area contributed by atoms with E-state index in [2.05, 4.69) is 42.5 Å². The van der Waals surface area contributed by atoms with E-state index in [-0.39, 0.29) is 17.2 Å². The van der Waals surface area contributed by atoms with E-state index in [0.717, 1.165) is 37.1 Å². The number of anilines is 2. The Morgan fingerprint density at radius 2 is 1.00 bits per heavy atom. The largest absolute Gasteiger partial charge is 0.325 e. The third-order valence-electron chi connectivity index (χ3n) is 5.50. The molecular weight excluding hydrogens is 472 g/mol. The number of rotatable bonds is 4. The highest BCUT2D eigenvalue weighted by atomic mass is 79.9. The number of hydrogen-bond donors (Lipinski definition) is 2. The Bertz CT molecular complexity index is 781. The number of nitrogens with one attached hydrogen (secondary N) is 2. The Morgan fingerprint density at radius 3 is 1.33 bits per heavy atom. The maximum Gasteiger partial charge on any atom is 0.241 e. The highest BCUT2D eigenvalue weighted by molar-refractivity contribution is 9.10. The summed E-state index contributed by atoms with van der Waals surface area (Å²) in [5.41, 5.74) is 1.65. The minimum Gasteiger partial charge on any atom is -0.325 e. The first-order chi connectivity index (χ1) is 12.8. The molecule has 2 amide bonds. The molecule has 0 saturated heterocycles. The molecule has 2 fully saturated rings. The van der Waals surface area contributed by atoms with Crippen LogP contribution in [0.4, 0.5) is 11.4 Å². The van der Waals surface area contributed by atoms with Crippen molar-refractivity contribution in [2.75, 3.05) is 10.6 Å². The van der Waals surface area contributed by atoms with Crippen molar-refractivity contribution in [3.8, 4) is 0 Å². The number of amides is 2. The maximum absolute atomic E-state index is 12.6. The van der Waals surface area contributed by atoms with E-state index in [1.165, 1.54) is 0 Å². The van der Waals surface area contributed by atoms with Gasteiger partial charge in [0.15, 0.2) is 0 Å². The summed E-state index contributed by atoms with van der Waals surface area (Å²) >= 11 is 7.28. The molecule has 0 atom stereocenters. The molecule has 2 aromatic carbocycles. The molecule has 1 spiro atoms. The van der Waals surface area contributed by atoms with E-state index < -0.39 is 8.65 Å². The molecule has 2 aliphatic rings. The summed E-state index contributed by atoms with van der Waals surface area (Å²) in [5, 5.41) is 5.94. The quantitative estimate of drug-likeness (QED) is 0.584. The molecule has 4 nitrogen and oxygen atoms in total. The van der Waals surface area contributed by atoms with E-state index in [4.69, 9.17) is 0 Å². The lowest BCUT2D eigenvalue weighted by Gasteiger charge is -2.63. The van der Waals surface area contributed by atoms with Gasteiger partial charge in [-0.15, -0.1) is 0 Å². The lowest BCUT2D eigenvalue weighted by atomic mass is 9.47. The van der Waals surface area contributed by atoms with Crippen molar-refractivity contribution in [3.05, 3.63) is 60.7 Å². The van der Waals surface area contributed by atoms with E-state index in [1.807, 2.05) is 60.7 Å². The van der Waals surface area contributed by atoms with Crippen LogP contribution >= 0.6 is 31.9 Å². The SMILES string of the molecule is O=C(Nc1ccccc1)C1(Br)CC2(C1)CC(Br)(C(=O)Nc1ccccc1)C2. The van der Waals surface area contributed by atoms with Crippen LogP contribution in [-0.4, -0.2) is 20.5 Å². The predicted molar refractivity (Wildman–Crippen MR) is 114 cm³/mol. The standard InChI is InChI=1S/C21H20Br2N2O2/c22-20(17(26)24-15-7-3-1-4-8-15)11-19(12-20)13-21(23,14-19)18(27)25-16-9-5-2-6-10-16/h1-10H,11-14H2,(H,24,26)(H,25,27). The van der Waals surface area contributed by atoms with Crippen molar-refractivity contribution in [2.45, 2.75) is 34.3 Å². The minimum absolute atomic E-state index is 0.0138. The first kappa shape index (κ1) is 18.7. The fraction of sp³-hybridized carbons (Fsp3) is 0.333. The van der Waals surface area contributed by atoms with Crippen molar-refractivity contribution < 1.29 is 9.59 Å². The number of carbonyl (C=O) groups excluding carboxylic acids is 2. The van der Waals surface area contributed by atoms with Gasteiger partial charge in [-0.1, -0.05) is 68.3 Å². The highest BCUT2D eigenvalue weighted by Crippen LogP contribution is 2.69. The van der Waals surface area contributed by atoms with Crippen LogP contribution in [0.2, 0.25) is 0 Å². The molecule has 2 aliphatic carbocycles. The van der Waals surface area contributed by atoms with Gasteiger partial charge in [0.2, 0.25) is 11.8 Å². The first-order valence-corrected chi connectivity index (χ1v) is 10.5. The average molecular weight is 492 g/mol. The van der Waals surface area contributed by atoms with Gasteiger partial charge in [-0.05, 0) is 55.4 Å². The van der Waals surface area contributed by atoms with Gasteiger partial charge in [0.1, 0.15) is 8.65 Å². The Morgan fingerprint density at radius 1 is 0.667 bits per heavy atom. The molecular formula is C21H20Br2N2O2. The molecule has 0 heterocycles. The third kappa shape index (κ3) is 3.57. The van der Waals surface area contributed by atoms with Crippen LogP contribution in [0.25, 0.3) is 0 Å². The van der Waals surface area contributed by atoms with Gasteiger partial charge < -0.3 is 10.6 Å². The van der Waals surface area contributed by atoms with Crippen LogP contribution in [0.1, 0.15) is 25.7 Å². The lowest BCUT2D eigenvalue weighted by Crippen LogP contribution is -2.65. The van der Waals surface area contributed by atoms with Gasteiger partial charge in [0.25, 0.3) is 0 Å². The molecule has 0 unspecified atom stereocenters. The second-order valence-electron chi connectivity index (χ2n) is 7.78. The molecule has 140 valence electrons. The number of halogens is 2. The minimum atomic E-state index is -0.549. The molecule has 0 aliphatic heterocycles. The Hall–Kier alpha value is -1.66. The van der Waals surface area contributed by atoms with Crippen molar-refractivity contribution in [1.82, 2.24) is 0 Å². The van der Waals surface area contributed by atoms with Crippen LogP contribution in [0.3, 0.4) is 0 Å². The Kier molecular flexibility index (Phi) is 4.67. The van der Waals surface area contributed by atoms with Gasteiger partial charge in [-0.2, -0.15) is 0 Å².